The van der Waals surface area contributed by atoms with Crippen molar-refractivity contribution in [1.82, 2.24) is 10.3 Å². The molecule has 0 aliphatic carbocycles. The average molecular weight is 321 g/mol. The molecule has 0 fully saturated rings. The Bertz CT molecular complexity index is 877. The van der Waals surface area contributed by atoms with Crippen molar-refractivity contribution in [3.05, 3.63) is 65.9 Å². The van der Waals surface area contributed by atoms with E-state index in [4.69, 9.17) is 10.5 Å². The van der Waals surface area contributed by atoms with Crippen LogP contribution >= 0.6 is 0 Å². The number of nitrogens with one attached hydrogen (secondary N) is 1. The van der Waals surface area contributed by atoms with Crippen molar-refractivity contribution in [2.24, 2.45) is 0 Å². The molecule has 3 N–H and O–H groups in total. The van der Waals surface area contributed by atoms with Crippen molar-refractivity contribution < 1.29 is 9.53 Å². The molecule has 3 aromatic rings. The maximum atomic E-state index is 12.2. The smallest absolute Gasteiger partial charge is 0.226 e. The molecule has 0 radical (unpaired) electrons. The molecule has 3 rings (SSSR count). The molecule has 2 aromatic carbocycles. The first-order valence-electron chi connectivity index (χ1n) is 7.69. The quantitative estimate of drug-likeness (QED) is 0.708. The number of nitrogen functional groups attached to an aromatic ring is 1. The summed E-state index contributed by atoms with van der Waals surface area (Å²) in [6, 6.07) is 16.9. The highest BCUT2D eigenvalue weighted by atomic mass is 16.5. The zero-order valence-corrected chi connectivity index (χ0v) is 13.5. The summed E-state index contributed by atoms with van der Waals surface area (Å²) in [5.74, 6) is 0.683. The minimum absolute atomic E-state index is 0.0804. The van der Waals surface area contributed by atoms with Gasteiger partial charge in [0, 0.05) is 23.2 Å². The van der Waals surface area contributed by atoms with Gasteiger partial charge in [-0.3, -0.25) is 9.78 Å². The number of amides is 1. The van der Waals surface area contributed by atoms with Crippen LogP contribution in [-0.4, -0.2) is 18.0 Å². The lowest BCUT2D eigenvalue weighted by Crippen LogP contribution is -2.25. The van der Waals surface area contributed by atoms with E-state index in [2.05, 4.69) is 10.3 Å². The Morgan fingerprint density at radius 3 is 2.83 bits per heavy atom. The van der Waals surface area contributed by atoms with Gasteiger partial charge < -0.3 is 15.8 Å². The molecule has 0 aliphatic heterocycles. The van der Waals surface area contributed by atoms with E-state index in [1.165, 1.54) is 0 Å². The first-order valence-corrected chi connectivity index (χ1v) is 7.69. The highest BCUT2D eigenvalue weighted by Gasteiger charge is 2.08. The fourth-order valence-corrected chi connectivity index (χ4v) is 2.55. The Hall–Kier alpha value is -3.08. The Morgan fingerprint density at radius 1 is 1.17 bits per heavy atom. The largest absolute Gasteiger partial charge is 0.496 e. The van der Waals surface area contributed by atoms with E-state index in [0.29, 0.717) is 12.2 Å². The van der Waals surface area contributed by atoms with E-state index in [-0.39, 0.29) is 12.3 Å². The number of ether oxygens (including phenoxy) is 1. The van der Waals surface area contributed by atoms with Crippen LogP contribution in [0.3, 0.4) is 0 Å². The van der Waals surface area contributed by atoms with Crippen molar-refractivity contribution >= 4 is 22.5 Å². The van der Waals surface area contributed by atoms with E-state index in [9.17, 15) is 4.79 Å². The number of hydrogen-bond donors (Lipinski definition) is 2. The molecule has 0 atom stereocenters. The van der Waals surface area contributed by atoms with Gasteiger partial charge in [0.05, 0.1) is 24.7 Å². The first-order chi connectivity index (χ1) is 11.7. The van der Waals surface area contributed by atoms with Crippen molar-refractivity contribution in [3.8, 4) is 5.75 Å². The van der Waals surface area contributed by atoms with Gasteiger partial charge in [-0.2, -0.15) is 0 Å². The topological polar surface area (TPSA) is 77.2 Å². The summed E-state index contributed by atoms with van der Waals surface area (Å²) in [5.41, 5.74) is 8.96. The van der Waals surface area contributed by atoms with E-state index in [0.717, 1.165) is 27.9 Å². The summed E-state index contributed by atoms with van der Waals surface area (Å²) >= 11 is 0. The zero-order valence-electron chi connectivity index (χ0n) is 13.5. The van der Waals surface area contributed by atoms with Crippen LogP contribution in [0.25, 0.3) is 10.9 Å². The molecule has 0 spiro atoms. The van der Waals surface area contributed by atoms with Crippen LogP contribution in [0, 0.1) is 0 Å². The first kappa shape index (κ1) is 15.8. The number of aromatic nitrogens is 1. The Kier molecular flexibility index (Phi) is 4.61. The van der Waals surface area contributed by atoms with Crippen LogP contribution in [0.15, 0.2) is 54.6 Å². The standard InChI is InChI=1S/C19H19N3O2/c1-24-18-5-3-2-4-14(18)12-21-19(23)11-16-8-6-13-10-15(20)7-9-17(13)22-16/h2-10H,11-12,20H2,1H3,(H,21,23). The Balaban J connectivity index is 1.65. The van der Waals surface area contributed by atoms with Gasteiger partial charge in [-0.15, -0.1) is 0 Å². The molecule has 0 bridgehead atoms. The number of nitrogens with two attached hydrogens (primary N) is 1. The van der Waals surface area contributed by atoms with E-state index in [1.54, 1.807) is 13.2 Å². The van der Waals surface area contributed by atoms with Crippen LogP contribution in [-0.2, 0) is 17.8 Å². The van der Waals surface area contributed by atoms with Gasteiger partial charge in [-0.1, -0.05) is 24.3 Å². The second-order valence-electron chi connectivity index (χ2n) is 5.52. The minimum atomic E-state index is -0.0804. The number of benzene rings is 2. The molecule has 0 saturated heterocycles. The molecule has 1 amide bonds. The third kappa shape index (κ3) is 3.63. The SMILES string of the molecule is COc1ccccc1CNC(=O)Cc1ccc2cc(N)ccc2n1. The number of methoxy groups -OCH3 is 1. The summed E-state index contributed by atoms with van der Waals surface area (Å²) in [4.78, 5) is 16.7. The average Bonchev–Trinajstić information content (AvgIpc) is 2.60. The molecule has 1 heterocycles. The monoisotopic (exact) mass is 321 g/mol. The third-order valence-electron chi connectivity index (χ3n) is 3.78. The van der Waals surface area contributed by atoms with Gasteiger partial charge in [0.25, 0.3) is 0 Å². The van der Waals surface area contributed by atoms with Crippen molar-refractivity contribution in [2.45, 2.75) is 13.0 Å². The minimum Gasteiger partial charge on any atom is -0.496 e. The molecule has 0 saturated carbocycles. The number of nitrogens with zero attached hydrogens (tertiary/aromatic N) is 1. The second-order valence-corrected chi connectivity index (χ2v) is 5.52. The molecule has 5 nitrogen and oxygen atoms in total. The van der Waals surface area contributed by atoms with Gasteiger partial charge >= 0.3 is 0 Å². The summed E-state index contributed by atoms with van der Waals surface area (Å²) in [6.07, 6.45) is 0.232. The maximum absolute atomic E-state index is 12.2. The molecule has 24 heavy (non-hydrogen) atoms. The second kappa shape index (κ2) is 7.00. The number of pyridine rings is 1. The van der Waals surface area contributed by atoms with Gasteiger partial charge in [-0.25, -0.2) is 0 Å². The fraction of sp³-hybridized carbons (Fsp3) is 0.158. The van der Waals surface area contributed by atoms with Gasteiger partial charge in [0.1, 0.15) is 5.75 Å². The van der Waals surface area contributed by atoms with Crippen molar-refractivity contribution in [2.75, 3.05) is 12.8 Å². The highest BCUT2D eigenvalue weighted by molar-refractivity contribution is 5.83. The van der Waals surface area contributed by atoms with E-state index < -0.39 is 0 Å². The predicted octanol–water partition coefficient (Wildman–Crippen LogP) is 2.68. The maximum Gasteiger partial charge on any atom is 0.226 e. The van der Waals surface area contributed by atoms with Crippen LogP contribution in [0.5, 0.6) is 5.75 Å². The third-order valence-corrected chi connectivity index (χ3v) is 3.78. The number of carbonyl (C=O) groups is 1. The lowest BCUT2D eigenvalue weighted by molar-refractivity contribution is -0.120. The summed E-state index contributed by atoms with van der Waals surface area (Å²) < 4.78 is 5.28. The fourth-order valence-electron chi connectivity index (χ4n) is 2.55. The summed E-state index contributed by atoms with van der Waals surface area (Å²) in [7, 11) is 1.62. The number of fused-ring (bicyclic) bond motifs is 1. The van der Waals surface area contributed by atoms with Crippen LogP contribution in [0.4, 0.5) is 5.69 Å². The zero-order chi connectivity index (χ0) is 16.9. The number of anilines is 1. The normalized spacial score (nSPS) is 10.5. The predicted molar refractivity (Wildman–Crippen MR) is 94.7 cm³/mol. The van der Waals surface area contributed by atoms with E-state index >= 15 is 0 Å². The molecule has 5 heteroatoms. The van der Waals surface area contributed by atoms with Gasteiger partial charge in [-0.05, 0) is 30.3 Å². The van der Waals surface area contributed by atoms with Crippen LogP contribution in [0.2, 0.25) is 0 Å². The molecular weight excluding hydrogens is 302 g/mol. The lowest BCUT2D eigenvalue weighted by atomic mass is 10.1. The van der Waals surface area contributed by atoms with Crippen LogP contribution in [0.1, 0.15) is 11.3 Å². The van der Waals surface area contributed by atoms with Crippen LogP contribution < -0.4 is 15.8 Å². The number of rotatable bonds is 5. The lowest BCUT2D eigenvalue weighted by Gasteiger charge is -2.09. The molecule has 122 valence electrons. The molecule has 0 unspecified atom stereocenters. The number of carbonyl (C=O) groups excluding carboxylic acids is 1. The van der Waals surface area contributed by atoms with Gasteiger partial charge in [0.15, 0.2) is 0 Å². The molecule has 1 aromatic heterocycles. The molecular formula is C19H19N3O2. The number of hydrogen-bond acceptors (Lipinski definition) is 4. The number of para-hydroxylation sites is 1. The highest BCUT2D eigenvalue weighted by Crippen LogP contribution is 2.17. The Morgan fingerprint density at radius 2 is 2.00 bits per heavy atom. The summed E-state index contributed by atoms with van der Waals surface area (Å²) in [6.45, 7) is 0.424. The van der Waals surface area contributed by atoms with Gasteiger partial charge in [0.2, 0.25) is 5.91 Å². The van der Waals surface area contributed by atoms with Crippen molar-refractivity contribution in [3.63, 3.8) is 0 Å². The molecule has 0 aliphatic rings. The van der Waals surface area contributed by atoms with Crippen molar-refractivity contribution in [1.29, 1.82) is 0 Å². The van der Waals surface area contributed by atoms with E-state index in [1.807, 2.05) is 48.5 Å². The Labute approximate surface area is 140 Å². The summed E-state index contributed by atoms with van der Waals surface area (Å²) in [5, 5.41) is 3.87.